The maximum absolute atomic E-state index is 13.5. The first-order valence-corrected chi connectivity index (χ1v) is 12.1. The molecule has 7 nitrogen and oxygen atoms in total. The number of alkyl carbamates (subject to hydrolysis) is 1. The maximum atomic E-state index is 13.5. The van der Waals surface area contributed by atoms with E-state index in [0.717, 1.165) is 22.4 Å². The molecule has 0 saturated heterocycles. The van der Waals surface area contributed by atoms with Gasteiger partial charge in [0, 0.05) is 19.2 Å². The third-order valence-corrected chi connectivity index (χ3v) is 6.20. The lowest BCUT2D eigenvalue weighted by Gasteiger charge is -2.25. The average molecular weight is 486 g/mol. The van der Waals surface area contributed by atoms with Gasteiger partial charge in [0.1, 0.15) is 6.04 Å². The fraction of sp³-hybridized carbons (Fsp3) is 0.276. The molecule has 4 rings (SSSR count). The van der Waals surface area contributed by atoms with E-state index in [1.54, 1.807) is 11.9 Å². The van der Waals surface area contributed by atoms with E-state index in [0.29, 0.717) is 12.0 Å². The van der Waals surface area contributed by atoms with Crippen LogP contribution in [-0.4, -0.2) is 31.1 Å². The van der Waals surface area contributed by atoms with Crippen molar-refractivity contribution in [3.05, 3.63) is 90.0 Å². The van der Waals surface area contributed by atoms with E-state index >= 15 is 0 Å². The molecule has 0 radical (unpaired) electrons. The summed E-state index contributed by atoms with van der Waals surface area (Å²) in [6.45, 7) is 4.18. The molecule has 3 aromatic carbocycles. The number of anilines is 1. The minimum atomic E-state index is -1.04. The molecular weight excluding hydrogens is 454 g/mol. The Balaban J connectivity index is 1.54. The molecule has 1 aliphatic rings. The monoisotopic (exact) mass is 485 g/mol. The highest BCUT2D eigenvalue weighted by Gasteiger charge is 2.35. The molecule has 0 aromatic heterocycles. The lowest BCUT2D eigenvalue weighted by molar-refractivity contribution is -0.134. The van der Waals surface area contributed by atoms with E-state index in [2.05, 4.69) is 10.6 Å². The molecule has 3 aromatic rings. The van der Waals surface area contributed by atoms with Crippen LogP contribution in [0.25, 0.3) is 11.1 Å². The molecule has 0 spiro atoms. The van der Waals surface area contributed by atoms with Gasteiger partial charge in [0.05, 0.1) is 5.69 Å². The highest BCUT2D eigenvalue weighted by molar-refractivity contribution is 6.06. The number of ether oxygens (including phenoxy) is 1. The first-order valence-electron chi connectivity index (χ1n) is 12.1. The minimum absolute atomic E-state index is 0.0896. The van der Waals surface area contributed by atoms with Crippen molar-refractivity contribution in [2.24, 2.45) is 5.92 Å². The predicted molar refractivity (Wildman–Crippen MR) is 139 cm³/mol. The Morgan fingerprint density at radius 2 is 1.56 bits per heavy atom. The van der Waals surface area contributed by atoms with Crippen LogP contribution in [-0.2, 0) is 20.9 Å². The molecule has 1 aliphatic heterocycles. The molecule has 1 unspecified atom stereocenters. The van der Waals surface area contributed by atoms with Crippen LogP contribution in [0.3, 0.4) is 0 Å². The number of amides is 3. The zero-order chi connectivity index (χ0) is 25.7. The van der Waals surface area contributed by atoms with Crippen molar-refractivity contribution in [3.8, 4) is 11.1 Å². The summed E-state index contributed by atoms with van der Waals surface area (Å²) in [7, 11) is 1.70. The van der Waals surface area contributed by atoms with Gasteiger partial charge in [0.15, 0.2) is 6.10 Å². The Morgan fingerprint density at radius 3 is 2.28 bits per heavy atom. The van der Waals surface area contributed by atoms with Crippen molar-refractivity contribution < 1.29 is 19.1 Å². The summed E-state index contributed by atoms with van der Waals surface area (Å²) in [6.07, 6.45) is -1.41. The van der Waals surface area contributed by atoms with Gasteiger partial charge in [-0.15, -0.1) is 0 Å². The third-order valence-electron chi connectivity index (χ3n) is 6.20. The summed E-state index contributed by atoms with van der Waals surface area (Å²) >= 11 is 0. The Morgan fingerprint density at radius 1 is 0.917 bits per heavy atom. The molecule has 0 fully saturated rings. The number of fused-ring (bicyclic) bond motifs is 3. The first-order chi connectivity index (χ1) is 17.3. The Labute approximate surface area is 211 Å². The van der Waals surface area contributed by atoms with Gasteiger partial charge in [0.25, 0.3) is 11.8 Å². The fourth-order valence-electron chi connectivity index (χ4n) is 4.39. The molecule has 186 valence electrons. The lowest BCUT2D eigenvalue weighted by Crippen LogP contribution is -2.46. The number of para-hydroxylation sites is 1. The summed E-state index contributed by atoms with van der Waals surface area (Å²) in [5.74, 6) is -0.685. The number of nitrogens with zero attached hydrogens (tertiary/aromatic N) is 1. The van der Waals surface area contributed by atoms with Crippen molar-refractivity contribution in [3.63, 3.8) is 0 Å². The summed E-state index contributed by atoms with van der Waals surface area (Å²) in [5, 5.41) is 5.58. The summed E-state index contributed by atoms with van der Waals surface area (Å²) < 4.78 is 5.54. The summed E-state index contributed by atoms with van der Waals surface area (Å²) in [4.78, 5) is 41.0. The normalized spacial score (nSPS) is 15.4. The van der Waals surface area contributed by atoms with Crippen LogP contribution in [0.2, 0.25) is 0 Å². The molecule has 36 heavy (non-hydrogen) atoms. The molecule has 0 saturated carbocycles. The zero-order valence-corrected chi connectivity index (χ0v) is 20.7. The second-order valence-corrected chi connectivity index (χ2v) is 9.31. The minimum Gasteiger partial charge on any atom is -0.436 e. The van der Waals surface area contributed by atoms with Crippen molar-refractivity contribution in [1.29, 1.82) is 0 Å². The predicted octanol–water partition coefficient (Wildman–Crippen LogP) is 4.83. The number of nitrogens with one attached hydrogen (secondary N) is 2. The SMILES string of the molecule is CC(C)CC(OC(=O)NCc1ccccc1)C(=O)N[C@@H]1C(=O)N(C)c2ccccc2-c2ccccc21. The van der Waals surface area contributed by atoms with Crippen molar-refractivity contribution in [1.82, 2.24) is 10.6 Å². The largest absolute Gasteiger partial charge is 0.436 e. The van der Waals surface area contributed by atoms with E-state index in [1.807, 2.05) is 92.7 Å². The quantitative estimate of drug-likeness (QED) is 0.502. The van der Waals surface area contributed by atoms with Crippen LogP contribution in [0.1, 0.15) is 37.4 Å². The fourth-order valence-corrected chi connectivity index (χ4v) is 4.39. The van der Waals surface area contributed by atoms with Gasteiger partial charge in [-0.1, -0.05) is 86.6 Å². The van der Waals surface area contributed by atoms with Crippen LogP contribution in [0, 0.1) is 5.92 Å². The van der Waals surface area contributed by atoms with Crippen molar-refractivity contribution in [2.75, 3.05) is 11.9 Å². The first kappa shape index (κ1) is 25.0. The average Bonchev–Trinajstić information content (AvgIpc) is 2.97. The van der Waals surface area contributed by atoms with Gasteiger partial charge in [-0.05, 0) is 35.1 Å². The number of hydrogen-bond acceptors (Lipinski definition) is 4. The maximum Gasteiger partial charge on any atom is 0.408 e. The van der Waals surface area contributed by atoms with E-state index in [1.165, 1.54) is 0 Å². The number of carbonyl (C=O) groups is 3. The smallest absolute Gasteiger partial charge is 0.408 e. The van der Waals surface area contributed by atoms with Crippen LogP contribution in [0.5, 0.6) is 0 Å². The zero-order valence-electron chi connectivity index (χ0n) is 20.7. The van der Waals surface area contributed by atoms with Gasteiger partial charge in [-0.25, -0.2) is 4.79 Å². The molecule has 0 bridgehead atoms. The number of carbonyl (C=O) groups excluding carboxylic acids is 3. The summed E-state index contributed by atoms with van der Waals surface area (Å²) in [6, 6.07) is 23.7. The molecule has 1 heterocycles. The molecule has 0 aliphatic carbocycles. The van der Waals surface area contributed by atoms with E-state index < -0.39 is 24.1 Å². The highest BCUT2D eigenvalue weighted by Crippen LogP contribution is 2.39. The van der Waals surface area contributed by atoms with E-state index in [4.69, 9.17) is 4.74 Å². The van der Waals surface area contributed by atoms with Gasteiger partial charge in [-0.3, -0.25) is 9.59 Å². The standard InChI is InChI=1S/C29H31N3O4/c1-19(2)17-25(36-29(35)30-18-20-11-5-4-6-12-20)27(33)31-26-23-15-8-7-13-21(23)22-14-9-10-16-24(22)32(3)28(26)34/h4-16,19,25-26H,17-18H2,1-3H3,(H,30,35)(H,31,33)/t25?,26-/m0/s1. The Bertz CT molecular complexity index is 1240. The second-order valence-electron chi connectivity index (χ2n) is 9.31. The van der Waals surface area contributed by atoms with Gasteiger partial charge in [-0.2, -0.15) is 0 Å². The molecule has 3 amide bonds. The molecule has 7 heteroatoms. The third kappa shape index (κ3) is 5.57. The molecule has 2 atom stereocenters. The van der Waals surface area contributed by atoms with Crippen LogP contribution in [0.4, 0.5) is 10.5 Å². The highest BCUT2D eigenvalue weighted by atomic mass is 16.6. The van der Waals surface area contributed by atoms with Crippen molar-refractivity contribution >= 4 is 23.6 Å². The number of rotatable bonds is 7. The van der Waals surface area contributed by atoms with Crippen molar-refractivity contribution in [2.45, 2.75) is 39.0 Å². The molecule has 2 N–H and O–H groups in total. The number of likely N-dealkylation sites (N-methyl/N-ethyl adjacent to an activating group) is 1. The topological polar surface area (TPSA) is 87.7 Å². The van der Waals surface area contributed by atoms with Gasteiger partial charge in [0.2, 0.25) is 0 Å². The van der Waals surface area contributed by atoms with Gasteiger partial charge >= 0.3 is 6.09 Å². The summed E-state index contributed by atoms with van der Waals surface area (Å²) in [5.41, 5.74) is 4.17. The number of benzene rings is 3. The molecular formula is C29H31N3O4. The van der Waals surface area contributed by atoms with Crippen LogP contribution in [0.15, 0.2) is 78.9 Å². The number of hydrogen-bond donors (Lipinski definition) is 2. The van der Waals surface area contributed by atoms with Crippen LogP contribution < -0.4 is 15.5 Å². The Kier molecular flexibility index (Phi) is 7.68. The van der Waals surface area contributed by atoms with Crippen LogP contribution >= 0.6 is 0 Å². The van der Waals surface area contributed by atoms with E-state index in [9.17, 15) is 14.4 Å². The van der Waals surface area contributed by atoms with Gasteiger partial charge < -0.3 is 20.3 Å². The second kappa shape index (κ2) is 11.1. The lowest BCUT2D eigenvalue weighted by atomic mass is 9.95. The van der Waals surface area contributed by atoms with E-state index in [-0.39, 0.29) is 18.4 Å². The Hall–Kier alpha value is -4.13.